The van der Waals surface area contributed by atoms with Crippen LogP contribution < -0.4 is 0 Å². The molecule has 0 aliphatic carbocycles. The Hall–Kier alpha value is -1.70. The third-order valence-electron chi connectivity index (χ3n) is 2.84. The summed E-state index contributed by atoms with van der Waals surface area (Å²) in [4.78, 5) is 0. The van der Waals surface area contributed by atoms with Gasteiger partial charge in [0.2, 0.25) is 0 Å². The number of hydrogen-bond acceptors (Lipinski definition) is 0. The predicted octanol–water partition coefficient (Wildman–Crippen LogP) is 4.17. The van der Waals surface area contributed by atoms with Gasteiger partial charge < -0.3 is 0 Å². The van der Waals surface area contributed by atoms with Gasteiger partial charge in [0.15, 0.2) is 0 Å². The first kappa shape index (κ1) is 11.8. The SMILES string of the molecule is Cc1ccc(Cc2ccc(C)c(F)c2)c(F)c1. The van der Waals surface area contributed by atoms with Crippen molar-refractivity contribution in [3.05, 3.63) is 70.3 Å². The van der Waals surface area contributed by atoms with Crippen LogP contribution >= 0.6 is 0 Å². The number of rotatable bonds is 2. The van der Waals surface area contributed by atoms with Crippen molar-refractivity contribution >= 4 is 0 Å². The lowest BCUT2D eigenvalue weighted by atomic mass is 10.0. The van der Waals surface area contributed by atoms with Gasteiger partial charge in [0.05, 0.1) is 0 Å². The fraction of sp³-hybridized carbons (Fsp3) is 0.200. The van der Waals surface area contributed by atoms with Crippen molar-refractivity contribution < 1.29 is 8.78 Å². The number of benzene rings is 2. The largest absolute Gasteiger partial charge is 0.207 e. The van der Waals surface area contributed by atoms with Crippen LogP contribution in [0.2, 0.25) is 0 Å². The highest BCUT2D eigenvalue weighted by molar-refractivity contribution is 5.31. The molecule has 88 valence electrons. The van der Waals surface area contributed by atoms with Gasteiger partial charge in [0.25, 0.3) is 0 Å². The molecule has 0 spiro atoms. The molecule has 0 unspecified atom stereocenters. The maximum Gasteiger partial charge on any atom is 0.126 e. The Morgan fingerprint density at radius 2 is 1.65 bits per heavy atom. The molecule has 0 bridgehead atoms. The summed E-state index contributed by atoms with van der Waals surface area (Å²) in [6.07, 6.45) is 0.420. The summed E-state index contributed by atoms with van der Waals surface area (Å²) in [5.74, 6) is -0.471. The van der Waals surface area contributed by atoms with Gasteiger partial charge in [-0.05, 0) is 48.2 Å². The van der Waals surface area contributed by atoms with Crippen molar-refractivity contribution in [3.63, 3.8) is 0 Å². The zero-order valence-electron chi connectivity index (χ0n) is 9.93. The fourth-order valence-corrected chi connectivity index (χ4v) is 1.76. The van der Waals surface area contributed by atoms with E-state index in [9.17, 15) is 8.78 Å². The fourth-order valence-electron chi connectivity index (χ4n) is 1.76. The molecule has 0 atom stereocenters. The molecule has 2 aromatic carbocycles. The van der Waals surface area contributed by atoms with E-state index >= 15 is 0 Å². The molecular weight excluding hydrogens is 218 g/mol. The summed E-state index contributed by atoms with van der Waals surface area (Å²) in [6.45, 7) is 3.56. The molecule has 0 amide bonds. The van der Waals surface area contributed by atoms with E-state index in [1.165, 1.54) is 12.1 Å². The second kappa shape index (κ2) is 4.66. The third kappa shape index (κ3) is 2.70. The minimum Gasteiger partial charge on any atom is -0.207 e. The molecule has 0 fully saturated rings. The van der Waals surface area contributed by atoms with Crippen molar-refractivity contribution in [2.24, 2.45) is 0 Å². The molecule has 17 heavy (non-hydrogen) atoms. The molecule has 0 aliphatic rings. The van der Waals surface area contributed by atoms with E-state index in [-0.39, 0.29) is 11.6 Å². The number of halogens is 2. The summed E-state index contributed by atoms with van der Waals surface area (Å²) in [6, 6.07) is 10.1. The first-order valence-electron chi connectivity index (χ1n) is 5.56. The summed E-state index contributed by atoms with van der Waals surface area (Å²) >= 11 is 0. The summed E-state index contributed by atoms with van der Waals surface area (Å²) in [7, 11) is 0. The molecule has 2 aromatic rings. The quantitative estimate of drug-likeness (QED) is 0.729. The maximum atomic E-state index is 13.6. The average Bonchev–Trinajstić information content (AvgIpc) is 2.27. The summed E-state index contributed by atoms with van der Waals surface area (Å²) < 4.78 is 27.0. The molecule has 0 aromatic heterocycles. The molecule has 2 rings (SSSR count). The Morgan fingerprint density at radius 3 is 2.29 bits per heavy atom. The van der Waals surface area contributed by atoms with Crippen LogP contribution in [0.5, 0.6) is 0 Å². The topological polar surface area (TPSA) is 0 Å². The van der Waals surface area contributed by atoms with Crippen LogP contribution in [0.3, 0.4) is 0 Å². The van der Waals surface area contributed by atoms with Crippen LogP contribution in [0, 0.1) is 25.5 Å². The van der Waals surface area contributed by atoms with Crippen LogP contribution in [0.15, 0.2) is 36.4 Å². The molecule has 0 nitrogen and oxygen atoms in total. The molecule has 0 aliphatic heterocycles. The molecule has 2 heteroatoms. The van der Waals surface area contributed by atoms with E-state index in [4.69, 9.17) is 0 Å². The maximum absolute atomic E-state index is 13.6. The van der Waals surface area contributed by atoms with Gasteiger partial charge in [-0.1, -0.05) is 24.3 Å². The Kier molecular flexibility index (Phi) is 3.23. The summed E-state index contributed by atoms with van der Waals surface area (Å²) in [5, 5.41) is 0. The van der Waals surface area contributed by atoms with E-state index in [0.717, 1.165) is 11.1 Å². The lowest BCUT2D eigenvalue weighted by Crippen LogP contribution is -1.95. The zero-order valence-corrected chi connectivity index (χ0v) is 9.93. The van der Waals surface area contributed by atoms with Gasteiger partial charge in [0.1, 0.15) is 11.6 Å². The predicted molar refractivity (Wildman–Crippen MR) is 65.1 cm³/mol. The first-order chi connectivity index (χ1) is 8.06. The van der Waals surface area contributed by atoms with E-state index in [1.54, 1.807) is 19.1 Å². The second-order valence-electron chi connectivity index (χ2n) is 4.36. The second-order valence-corrected chi connectivity index (χ2v) is 4.36. The molecule has 0 radical (unpaired) electrons. The minimum atomic E-state index is -0.241. The standard InChI is InChI=1S/C15H14F2/c1-10-3-6-13(15(17)7-10)8-12-5-4-11(2)14(16)9-12/h3-7,9H,8H2,1-2H3. The van der Waals surface area contributed by atoms with Crippen molar-refractivity contribution in [2.45, 2.75) is 20.3 Å². The molecule has 0 heterocycles. The molecule has 0 N–H and O–H groups in total. The Morgan fingerprint density at radius 1 is 0.882 bits per heavy atom. The Bertz CT molecular complexity index is 545. The Labute approximate surface area is 99.9 Å². The van der Waals surface area contributed by atoms with Crippen LogP contribution in [-0.4, -0.2) is 0 Å². The smallest absolute Gasteiger partial charge is 0.126 e. The normalized spacial score (nSPS) is 10.6. The number of hydrogen-bond donors (Lipinski definition) is 0. The lowest BCUT2D eigenvalue weighted by Gasteiger charge is -2.06. The zero-order chi connectivity index (χ0) is 12.4. The van der Waals surface area contributed by atoms with Gasteiger partial charge in [-0.15, -0.1) is 0 Å². The number of aryl methyl sites for hydroxylation is 2. The highest BCUT2D eigenvalue weighted by Gasteiger charge is 2.05. The average molecular weight is 232 g/mol. The van der Waals surface area contributed by atoms with E-state index in [2.05, 4.69) is 0 Å². The van der Waals surface area contributed by atoms with Gasteiger partial charge in [-0.2, -0.15) is 0 Å². The molecular formula is C15H14F2. The van der Waals surface area contributed by atoms with E-state index < -0.39 is 0 Å². The van der Waals surface area contributed by atoms with Crippen LogP contribution in [0.25, 0.3) is 0 Å². The molecule has 0 saturated heterocycles. The van der Waals surface area contributed by atoms with E-state index in [1.807, 2.05) is 19.1 Å². The van der Waals surface area contributed by atoms with Gasteiger partial charge in [0, 0.05) is 6.42 Å². The van der Waals surface area contributed by atoms with Crippen molar-refractivity contribution in [1.82, 2.24) is 0 Å². The van der Waals surface area contributed by atoms with Crippen molar-refractivity contribution in [2.75, 3.05) is 0 Å². The van der Waals surface area contributed by atoms with E-state index in [0.29, 0.717) is 17.5 Å². The monoisotopic (exact) mass is 232 g/mol. The third-order valence-corrected chi connectivity index (χ3v) is 2.84. The highest BCUT2D eigenvalue weighted by Crippen LogP contribution is 2.17. The van der Waals surface area contributed by atoms with Gasteiger partial charge in [-0.25, -0.2) is 8.78 Å². The van der Waals surface area contributed by atoms with Crippen molar-refractivity contribution in [1.29, 1.82) is 0 Å². The Balaban J connectivity index is 2.28. The highest BCUT2D eigenvalue weighted by atomic mass is 19.1. The first-order valence-corrected chi connectivity index (χ1v) is 5.56. The minimum absolute atomic E-state index is 0.231. The molecule has 0 saturated carbocycles. The van der Waals surface area contributed by atoms with Crippen LogP contribution in [-0.2, 0) is 6.42 Å². The lowest BCUT2D eigenvalue weighted by molar-refractivity contribution is 0.608. The van der Waals surface area contributed by atoms with Crippen LogP contribution in [0.1, 0.15) is 22.3 Å². The summed E-state index contributed by atoms with van der Waals surface area (Å²) in [5.41, 5.74) is 2.88. The van der Waals surface area contributed by atoms with Gasteiger partial charge >= 0.3 is 0 Å². The van der Waals surface area contributed by atoms with Crippen LogP contribution in [0.4, 0.5) is 8.78 Å². The van der Waals surface area contributed by atoms with Crippen molar-refractivity contribution in [3.8, 4) is 0 Å². The van der Waals surface area contributed by atoms with Gasteiger partial charge in [-0.3, -0.25) is 0 Å².